The molecule has 0 spiro atoms. The molecule has 7 nitrogen and oxygen atoms in total. The van der Waals surface area contributed by atoms with Crippen molar-refractivity contribution in [2.24, 2.45) is 0 Å². The summed E-state index contributed by atoms with van der Waals surface area (Å²) in [6, 6.07) is 0.995. The van der Waals surface area contributed by atoms with Crippen molar-refractivity contribution in [3.05, 3.63) is 27.3 Å². The Kier molecular flexibility index (Phi) is 6.42. The number of urea groups is 1. The van der Waals surface area contributed by atoms with Crippen molar-refractivity contribution in [1.29, 1.82) is 0 Å². The molecule has 156 valence electrons. The first-order valence-corrected chi connectivity index (χ1v) is 10.3. The van der Waals surface area contributed by atoms with Crippen molar-refractivity contribution in [1.82, 2.24) is 20.6 Å². The third kappa shape index (κ3) is 5.66. The molecule has 0 atom stereocenters. The second-order valence-electron chi connectivity index (χ2n) is 6.34. The van der Waals surface area contributed by atoms with E-state index in [1.807, 2.05) is 0 Å². The number of nitrogens with one attached hydrogen (secondary N) is 3. The number of anilines is 1. The molecular formula is C17H17BrF3N5O2S. The zero-order valence-corrected chi connectivity index (χ0v) is 17.6. The van der Waals surface area contributed by atoms with Crippen LogP contribution in [-0.4, -0.2) is 34.5 Å². The first kappa shape index (κ1) is 21.5. The average Bonchev–Trinajstić information content (AvgIpc) is 3.32. The van der Waals surface area contributed by atoms with Crippen molar-refractivity contribution < 1.29 is 22.8 Å². The molecule has 2 heterocycles. The van der Waals surface area contributed by atoms with Gasteiger partial charge < -0.3 is 10.6 Å². The molecule has 1 saturated carbocycles. The molecular weight excluding hydrogens is 475 g/mol. The van der Waals surface area contributed by atoms with Crippen LogP contribution in [0.2, 0.25) is 0 Å². The fraction of sp³-hybridized carbons (Fsp3) is 0.412. The van der Waals surface area contributed by atoms with E-state index in [0.717, 1.165) is 24.2 Å². The van der Waals surface area contributed by atoms with E-state index in [0.29, 0.717) is 16.6 Å². The molecule has 0 radical (unpaired) electrons. The summed E-state index contributed by atoms with van der Waals surface area (Å²) in [5.74, 6) is -0.300. The van der Waals surface area contributed by atoms with Crippen molar-refractivity contribution in [2.75, 3.05) is 11.9 Å². The van der Waals surface area contributed by atoms with Crippen LogP contribution in [0.1, 0.15) is 30.3 Å². The van der Waals surface area contributed by atoms with Gasteiger partial charge in [0.2, 0.25) is 5.91 Å². The molecule has 2 aromatic heterocycles. The highest BCUT2D eigenvalue weighted by Gasteiger charge is 2.38. The fourth-order valence-corrected chi connectivity index (χ4v) is 4.10. The normalized spacial score (nSPS) is 13.8. The highest BCUT2D eigenvalue weighted by Crippen LogP contribution is 2.40. The molecule has 0 unspecified atom stereocenters. The number of pyridine rings is 1. The molecule has 1 aliphatic carbocycles. The summed E-state index contributed by atoms with van der Waals surface area (Å²) in [5.41, 5.74) is -0.749. The number of nitrogens with zero attached hydrogens (tertiary/aromatic N) is 2. The summed E-state index contributed by atoms with van der Waals surface area (Å²) < 4.78 is 40.8. The van der Waals surface area contributed by atoms with E-state index in [1.165, 1.54) is 12.3 Å². The van der Waals surface area contributed by atoms with Crippen LogP contribution in [0, 0.1) is 0 Å². The Bertz CT molecular complexity index is 930. The predicted octanol–water partition coefficient (Wildman–Crippen LogP) is 3.95. The highest BCUT2D eigenvalue weighted by molar-refractivity contribution is 9.10. The molecule has 0 bridgehead atoms. The molecule has 12 heteroatoms. The first-order chi connectivity index (χ1) is 13.7. The lowest BCUT2D eigenvalue weighted by atomic mass is 10.2. The Morgan fingerprint density at radius 3 is 2.69 bits per heavy atom. The quantitative estimate of drug-likeness (QED) is 0.569. The summed E-state index contributed by atoms with van der Waals surface area (Å²) in [7, 11) is 0. The minimum atomic E-state index is -4.69. The van der Waals surface area contributed by atoms with Crippen molar-refractivity contribution in [3.8, 4) is 10.6 Å². The number of thiazole rings is 1. The summed E-state index contributed by atoms with van der Waals surface area (Å²) in [6.07, 6.45) is -2.03. The highest BCUT2D eigenvalue weighted by atomic mass is 79.9. The number of hydrogen-bond donors (Lipinski definition) is 3. The molecule has 2 aromatic rings. The maximum absolute atomic E-state index is 13.5. The van der Waals surface area contributed by atoms with Crippen LogP contribution >= 0.6 is 27.3 Å². The SMILES string of the molecule is CCNC(=O)Nc1cc(-c2nc(C(F)(F)F)c(CC(=O)NC3CC3)s2)c(Br)cn1. The largest absolute Gasteiger partial charge is 0.434 e. The molecule has 0 aromatic carbocycles. The smallest absolute Gasteiger partial charge is 0.353 e. The third-order valence-corrected chi connectivity index (χ3v) is 5.61. The Morgan fingerprint density at radius 2 is 2.07 bits per heavy atom. The van der Waals surface area contributed by atoms with Gasteiger partial charge in [0.1, 0.15) is 10.8 Å². The van der Waals surface area contributed by atoms with Gasteiger partial charge in [-0.15, -0.1) is 11.3 Å². The zero-order valence-electron chi connectivity index (χ0n) is 15.2. The van der Waals surface area contributed by atoms with E-state index < -0.39 is 30.2 Å². The minimum absolute atomic E-state index is 0.0569. The number of hydrogen-bond acceptors (Lipinski definition) is 5. The molecule has 29 heavy (non-hydrogen) atoms. The fourth-order valence-electron chi connectivity index (χ4n) is 2.45. The topological polar surface area (TPSA) is 96.0 Å². The molecule has 1 fully saturated rings. The van der Waals surface area contributed by atoms with Crippen LogP contribution < -0.4 is 16.0 Å². The van der Waals surface area contributed by atoms with Gasteiger partial charge >= 0.3 is 12.2 Å². The number of alkyl halides is 3. The Morgan fingerprint density at radius 1 is 1.34 bits per heavy atom. The van der Waals surface area contributed by atoms with Gasteiger partial charge in [0.05, 0.1) is 6.42 Å². The maximum atomic E-state index is 13.5. The number of halogens is 4. The van der Waals surface area contributed by atoms with E-state index in [1.54, 1.807) is 6.92 Å². The summed E-state index contributed by atoms with van der Waals surface area (Å²) in [4.78, 5) is 31.3. The van der Waals surface area contributed by atoms with Gasteiger partial charge in [-0.2, -0.15) is 13.2 Å². The lowest BCUT2D eigenvalue weighted by Crippen LogP contribution is -2.28. The van der Waals surface area contributed by atoms with Gasteiger partial charge in [-0.25, -0.2) is 14.8 Å². The Hall–Kier alpha value is -2.21. The third-order valence-electron chi connectivity index (χ3n) is 3.89. The van der Waals surface area contributed by atoms with Gasteiger partial charge in [0, 0.05) is 33.7 Å². The average molecular weight is 492 g/mol. The van der Waals surface area contributed by atoms with Crippen LogP contribution in [0.3, 0.4) is 0 Å². The lowest BCUT2D eigenvalue weighted by Gasteiger charge is -2.07. The number of carbonyl (C=O) groups is 2. The van der Waals surface area contributed by atoms with Gasteiger partial charge in [-0.05, 0) is 41.8 Å². The molecule has 0 saturated heterocycles. The molecule has 1 aliphatic rings. The van der Waals surface area contributed by atoms with Crippen molar-refractivity contribution >= 4 is 45.0 Å². The number of aromatic nitrogens is 2. The number of carbonyl (C=O) groups excluding carboxylic acids is 2. The van der Waals surface area contributed by atoms with Crippen molar-refractivity contribution in [2.45, 2.75) is 38.4 Å². The van der Waals surface area contributed by atoms with Crippen LogP contribution in [0.25, 0.3) is 10.6 Å². The second kappa shape index (κ2) is 8.66. The Balaban J connectivity index is 1.91. The van der Waals surface area contributed by atoms with E-state index in [2.05, 4.69) is 41.8 Å². The van der Waals surface area contributed by atoms with E-state index in [-0.39, 0.29) is 21.7 Å². The van der Waals surface area contributed by atoms with Gasteiger partial charge in [0.15, 0.2) is 5.69 Å². The van der Waals surface area contributed by atoms with Crippen LogP contribution in [0.15, 0.2) is 16.7 Å². The first-order valence-electron chi connectivity index (χ1n) is 8.74. The molecule has 3 amide bonds. The van der Waals surface area contributed by atoms with Gasteiger partial charge in [-0.3, -0.25) is 10.1 Å². The van der Waals surface area contributed by atoms with Gasteiger partial charge in [0.25, 0.3) is 0 Å². The molecule has 3 N–H and O–H groups in total. The standard InChI is InChI=1S/C17H17BrF3N5O2S/c1-2-22-16(28)25-12-5-9(10(18)7-23-12)15-26-14(17(19,20)21)11(29-15)6-13(27)24-8-3-4-8/h5,7-8H,2-4,6H2,1H3,(H,24,27)(H2,22,23,25,28). The number of amides is 3. The van der Waals surface area contributed by atoms with Crippen LogP contribution in [-0.2, 0) is 17.4 Å². The van der Waals surface area contributed by atoms with E-state index in [9.17, 15) is 22.8 Å². The predicted molar refractivity (Wildman–Crippen MR) is 106 cm³/mol. The maximum Gasteiger partial charge on any atom is 0.434 e. The Labute approximate surface area is 176 Å². The van der Waals surface area contributed by atoms with Crippen LogP contribution in [0.5, 0.6) is 0 Å². The van der Waals surface area contributed by atoms with Crippen LogP contribution in [0.4, 0.5) is 23.8 Å². The summed E-state index contributed by atoms with van der Waals surface area (Å²) >= 11 is 4.04. The van der Waals surface area contributed by atoms with E-state index >= 15 is 0 Å². The van der Waals surface area contributed by atoms with Gasteiger partial charge in [-0.1, -0.05) is 0 Å². The lowest BCUT2D eigenvalue weighted by molar-refractivity contribution is -0.141. The second-order valence-corrected chi connectivity index (χ2v) is 8.28. The van der Waals surface area contributed by atoms with E-state index in [4.69, 9.17) is 0 Å². The summed E-state index contributed by atoms with van der Waals surface area (Å²) in [5, 5.41) is 7.79. The monoisotopic (exact) mass is 491 g/mol. The molecule has 0 aliphatic heterocycles. The summed E-state index contributed by atoms with van der Waals surface area (Å²) in [6.45, 7) is 2.15. The number of rotatable bonds is 6. The minimum Gasteiger partial charge on any atom is -0.353 e. The zero-order chi connectivity index (χ0) is 21.2. The molecule has 3 rings (SSSR count). The van der Waals surface area contributed by atoms with Crippen molar-refractivity contribution in [3.63, 3.8) is 0 Å².